The molecule has 0 aliphatic carbocycles. The third-order valence-corrected chi connectivity index (χ3v) is 3.86. The summed E-state index contributed by atoms with van der Waals surface area (Å²) in [4.78, 5) is 18.5. The van der Waals surface area contributed by atoms with Crippen LogP contribution in [0.5, 0.6) is 0 Å². The molecule has 22 heavy (non-hydrogen) atoms. The van der Waals surface area contributed by atoms with E-state index in [-0.39, 0.29) is 5.56 Å². The molecule has 3 rings (SSSR count). The molecular weight excluding hydrogens is 324 g/mol. The Morgan fingerprint density at radius 1 is 1.32 bits per heavy atom. The number of hydrogen-bond donors (Lipinski definition) is 3. The van der Waals surface area contributed by atoms with Crippen LogP contribution in [0.3, 0.4) is 0 Å². The average Bonchev–Trinajstić information content (AvgIpc) is 2.85. The maximum Gasteiger partial charge on any atom is 0.337 e. The van der Waals surface area contributed by atoms with Gasteiger partial charge >= 0.3 is 5.97 Å². The summed E-state index contributed by atoms with van der Waals surface area (Å²) in [6.07, 6.45) is 0. The number of fused-ring (bicyclic) bond motifs is 1. The largest absolute Gasteiger partial charge is 0.478 e. The number of anilines is 2. The Bertz CT molecular complexity index is 895. The molecule has 0 bridgehead atoms. The number of aromatic nitrogens is 2. The minimum absolute atomic E-state index is 0.0245. The standard InChI is InChI=1S/C14H8BCl2N3O2/c15-6-4-7(13(21)22)12-10(5-6)19-14(20-12)18-9-3-1-2-8(16)11(9)17/h1-5H,(H,21,22)(H2,18,19,20). The number of hydrogen-bond acceptors (Lipinski definition) is 3. The van der Waals surface area contributed by atoms with Crippen LogP contribution in [0.15, 0.2) is 30.3 Å². The second-order valence-corrected chi connectivity index (χ2v) is 5.37. The summed E-state index contributed by atoms with van der Waals surface area (Å²) < 4.78 is 0. The summed E-state index contributed by atoms with van der Waals surface area (Å²) >= 11 is 12.0. The number of halogens is 2. The van der Waals surface area contributed by atoms with Gasteiger partial charge in [0.2, 0.25) is 5.95 Å². The van der Waals surface area contributed by atoms with Gasteiger partial charge in [-0.25, -0.2) is 9.78 Å². The number of imidazole rings is 1. The summed E-state index contributed by atoms with van der Waals surface area (Å²) in [7, 11) is 5.70. The van der Waals surface area contributed by atoms with Crippen molar-refractivity contribution in [1.82, 2.24) is 9.97 Å². The molecule has 108 valence electrons. The lowest BCUT2D eigenvalue weighted by Gasteiger charge is -2.05. The fourth-order valence-corrected chi connectivity index (χ4v) is 2.44. The maximum absolute atomic E-state index is 11.3. The smallest absolute Gasteiger partial charge is 0.337 e. The van der Waals surface area contributed by atoms with Crippen molar-refractivity contribution in [2.24, 2.45) is 0 Å². The van der Waals surface area contributed by atoms with Crippen LogP contribution in [0, 0.1) is 0 Å². The van der Waals surface area contributed by atoms with Gasteiger partial charge in [-0.3, -0.25) is 0 Å². The third-order valence-electron chi connectivity index (χ3n) is 3.04. The zero-order chi connectivity index (χ0) is 15.9. The van der Waals surface area contributed by atoms with E-state index in [0.29, 0.717) is 38.2 Å². The third kappa shape index (κ3) is 2.63. The van der Waals surface area contributed by atoms with Crippen molar-refractivity contribution >= 4 is 65.1 Å². The first-order chi connectivity index (χ1) is 10.5. The van der Waals surface area contributed by atoms with Gasteiger partial charge in [0.15, 0.2) is 0 Å². The minimum atomic E-state index is -1.10. The van der Waals surface area contributed by atoms with E-state index < -0.39 is 5.97 Å². The number of carboxylic acids is 1. The fourth-order valence-electron chi connectivity index (χ4n) is 2.09. The Hall–Kier alpha value is -2.18. The Labute approximate surface area is 136 Å². The molecule has 0 saturated carbocycles. The van der Waals surface area contributed by atoms with E-state index >= 15 is 0 Å². The normalized spacial score (nSPS) is 10.8. The molecule has 1 heterocycles. The number of carboxylic acid groups (broad SMARTS) is 1. The average molecular weight is 332 g/mol. The number of nitrogens with one attached hydrogen (secondary N) is 2. The van der Waals surface area contributed by atoms with Gasteiger partial charge in [0, 0.05) is 0 Å². The van der Waals surface area contributed by atoms with Gasteiger partial charge < -0.3 is 15.4 Å². The molecule has 2 radical (unpaired) electrons. The molecule has 0 fully saturated rings. The summed E-state index contributed by atoms with van der Waals surface area (Å²) in [6, 6.07) is 8.10. The second kappa shape index (κ2) is 5.55. The Morgan fingerprint density at radius 3 is 2.82 bits per heavy atom. The lowest BCUT2D eigenvalue weighted by Crippen LogP contribution is -2.07. The van der Waals surface area contributed by atoms with E-state index in [0.717, 1.165) is 0 Å². The van der Waals surface area contributed by atoms with Crippen molar-refractivity contribution < 1.29 is 9.90 Å². The number of H-pyrrole nitrogens is 1. The Balaban J connectivity index is 2.07. The maximum atomic E-state index is 11.3. The lowest BCUT2D eigenvalue weighted by molar-refractivity contribution is 0.0699. The summed E-state index contributed by atoms with van der Waals surface area (Å²) in [6.45, 7) is 0. The molecule has 0 atom stereocenters. The van der Waals surface area contributed by atoms with Crippen molar-refractivity contribution in [1.29, 1.82) is 0 Å². The molecule has 0 aliphatic heterocycles. The van der Waals surface area contributed by atoms with Crippen LogP contribution in [0.4, 0.5) is 11.6 Å². The highest BCUT2D eigenvalue weighted by Crippen LogP contribution is 2.31. The van der Waals surface area contributed by atoms with Crippen molar-refractivity contribution in [2.75, 3.05) is 5.32 Å². The number of benzene rings is 2. The number of carbonyl (C=O) groups is 1. The first kappa shape index (κ1) is 14.7. The van der Waals surface area contributed by atoms with E-state index in [4.69, 9.17) is 31.0 Å². The highest BCUT2D eigenvalue weighted by atomic mass is 35.5. The second-order valence-electron chi connectivity index (χ2n) is 4.58. The van der Waals surface area contributed by atoms with Crippen molar-refractivity contribution in [3.8, 4) is 0 Å². The molecule has 3 N–H and O–H groups in total. The van der Waals surface area contributed by atoms with Crippen LogP contribution in [-0.2, 0) is 0 Å². The van der Waals surface area contributed by atoms with Crippen LogP contribution in [0.2, 0.25) is 10.0 Å². The van der Waals surface area contributed by atoms with Crippen molar-refractivity contribution in [3.05, 3.63) is 45.9 Å². The predicted molar refractivity (Wildman–Crippen MR) is 88.2 cm³/mol. The Morgan fingerprint density at radius 2 is 2.09 bits per heavy atom. The zero-order valence-corrected chi connectivity index (χ0v) is 12.5. The topological polar surface area (TPSA) is 78.0 Å². The van der Waals surface area contributed by atoms with E-state index in [2.05, 4.69) is 15.3 Å². The molecule has 0 saturated heterocycles. The van der Waals surface area contributed by atoms with E-state index in [1.165, 1.54) is 6.07 Å². The van der Waals surface area contributed by atoms with Crippen LogP contribution in [0.25, 0.3) is 11.0 Å². The van der Waals surface area contributed by atoms with Crippen LogP contribution >= 0.6 is 23.2 Å². The molecule has 0 unspecified atom stereocenters. The molecule has 2 aromatic carbocycles. The fraction of sp³-hybridized carbons (Fsp3) is 0. The number of rotatable bonds is 3. The van der Waals surface area contributed by atoms with Gasteiger partial charge in [0.1, 0.15) is 13.4 Å². The van der Waals surface area contributed by atoms with Gasteiger partial charge in [-0.1, -0.05) is 40.8 Å². The van der Waals surface area contributed by atoms with E-state index in [9.17, 15) is 9.90 Å². The van der Waals surface area contributed by atoms with Gasteiger partial charge in [0.05, 0.1) is 26.8 Å². The molecule has 5 nitrogen and oxygen atoms in total. The summed E-state index contributed by atoms with van der Waals surface area (Å²) in [5.41, 5.74) is 1.73. The molecule has 0 aliphatic rings. The quantitative estimate of drug-likeness (QED) is 0.644. The molecule has 3 aromatic rings. The van der Waals surface area contributed by atoms with Gasteiger partial charge in [-0.2, -0.15) is 0 Å². The van der Waals surface area contributed by atoms with Crippen LogP contribution in [-0.4, -0.2) is 28.9 Å². The summed E-state index contributed by atoms with van der Waals surface area (Å²) in [5.74, 6) is -0.761. The van der Waals surface area contributed by atoms with E-state index in [1.807, 2.05) is 0 Å². The molecule has 0 spiro atoms. The lowest BCUT2D eigenvalue weighted by atomic mass is 9.93. The van der Waals surface area contributed by atoms with Gasteiger partial charge in [-0.15, -0.1) is 0 Å². The predicted octanol–water partition coefficient (Wildman–Crippen LogP) is 3.11. The van der Waals surface area contributed by atoms with Gasteiger partial charge in [-0.05, 0) is 18.2 Å². The highest BCUT2D eigenvalue weighted by Gasteiger charge is 2.14. The Kier molecular flexibility index (Phi) is 3.72. The highest BCUT2D eigenvalue weighted by molar-refractivity contribution is 6.43. The van der Waals surface area contributed by atoms with E-state index in [1.54, 1.807) is 24.3 Å². The minimum Gasteiger partial charge on any atom is -0.478 e. The SMILES string of the molecule is [B]c1cc(C(=O)O)c2nc(Nc3cccc(Cl)c3Cl)[nH]c2c1. The van der Waals surface area contributed by atoms with Crippen LogP contribution in [0.1, 0.15) is 10.4 Å². The molecule has 8 heteroatoms. The zero-order valence-electron chi connectivity index (χ0n) is 11.0. The molecule has 1 aromatic heterocycles. The number of aromatic carboxylic acids is 1. The monoisotopic (exact) mass is 331 g/mol. The molecule has 0 amide bonds. The van der Waals surface area contributed by atoms with Gasteiger partial charge in [0.25, 0.3) is 0 Å². The first-order valence-electron chi connectivity index (χ1n) is 6.19. The van der Waals surface area contributed by atoms with Crippen molar-refractivity contribution in [2.45, 2.75) is 0 Å². The summed E-state index contributed by atoms with van der Waals surface area (Å²) in [5, 5.41) is 12.9. The number of nitrogens with zero attached hydrogens (tertiary/aromatic N) is 1. The van der Waals surface area contributed by atoms with Crippen molar-refractivity contribution in [3.63, 3.8) is 0 Å². The van der Waals surface area contributed by atoms with Crippen LogP contribution < -0.4 is 10.8 Å². The molecular formula is C14H8BCl2N3O2. The first-order valence-corrected chi connectivity index (χ1v) is 6.95. The number of aromatic amines is 1.